The number of anilines is 2. The Morgan fingerprint density at radius 1 is 1.16 bits per heavy atom. The zero-order valence-electron chi connectivity index (χ0n) is 15.9. The molecule has 1 saturated heterocycles. The standard InChI is InChI=1S/C19H17F3N4O3S2/c20-19(21,22)11-1-3-12(4-2-11)26-5-10(6-26)17(29)25-18-24-14(9-30-18)16-13(7-27)23-15(8-28)31-16/h1-4,9-10,27-28H,5-8H2,(H,24,25,29). The van der Waals surface area contributed by atoms with E-state index in [2.05, 4.69) is 15.3 Å². The van der Waals surface area contributed by atoms with Crippen LogP contribution in [-0.2, 0) is 24.2 Å². The zero-order chi connectivity index (χ0) is 22.2. The largest absolute Gasteiger partial charge is 0.416 e. The van der Waals surface area contributed by atoms with Crippen LogP contribution in [-0.4, -0.2) is 39.2 Å². The van der Waals surface area contributed by atoms with Crippen LogP contribution >= 0.6 is 22.7 Å². The SMILES string of the molecule is O=C(Nc1nc(-c2sc(CO)nc2CO)cs1)C1CN(c2ccc(C(F)(F)F)cc2)C1. The number of hydrogen-bond donors (Lipinski definition) is 3. The summed E-state index contributed by atoms with van der Waals surface area (Å²) in [5.74, 6) is -0.515. The van der Waals surface area contributed by atoms with Crippen LogP contribution in [0.5, 0.6) is 0 Å². The van der Waals surface area contributed by atoms with Crippen molar-refractivity contribution in [3.05, 3.63) is 45.9 Å². The molecule has 12 heteroatoms. The number of alkyl halides is 3. The molecule has 7 nitrogen and oxygen atoms in total. The Morgan fingerprint density at radius 3 is 2.48 bits per heavy atom. The first-order valence-corrected chi connectivity index (χ1v) is 10.9. The van der Waals surface area contributed by atoms with Crippen molar-refractivity contribution in [2.45, 2.75) is 19.4 Å². The van der Waals surface area contributed by atoms with Gasteiger partial charge in [-0.2, -0.15) is 13.2 Å². The third-order valence-corrected chi connectivity index (χ3v) is 6.67. The highest BCUT2D eigenvalue weighted by atomic mass is 32.1. The van der Waals surface area contributed by atoms with Gasteiger partial charge in [0.2, 0.25) is 5.91 Å². The molecule has 3 heterocycles. The molecule has 0 aliphatic carbocycles. The van der Waals surface area contributed by atoms with E-state index < -0.39 is 11.7 Å². The minimum absolute atomic E-state index is 0.216. The van der Waals surface area contributed by atoms with Crippen LogP contribution in [0.25, 0.3) is 10.6 Å². The maximum atomic E-state index is 12.7. The molecule has 1 aliphatic heterocycles. The first-order chi connectivity index (χ1) is 14.8. The van der Waals surface area contributed by atoms with Crippen LogP contribution in [0.1, 0.15) is 16.3 Å². The molecule has 2 aromatic heterocycles. The number of nitrogens with zero attached hydrogens (tertiary/aromatic N) is 3. The molecule has 1 amide bonds. The van der Waals surface area contributed by atoms with Gasteiger partial charge in [0.25, 0.3) is 0 Å². The van der Waals surface area contributed by atoms with Crippen LogP contribution in [0.15, 0.2) is 29.6 Å². The lowest BCUT2D eigenvalue weighted by atomic mass is 9.98. The lowest BCUT2D eigenvalue weighted by Gasteiger charge is -2.40. The summed E-state index contributed by atoms with van der Waals surface area (Å²) in [6, 6.07) is 4.86. The van der Waals surface area contributed by atoms with Crippen molar-refractivity contribution >= 4 is 39.4 Å². The van der Waals surface area contributed by atoms with Gasteiger partial charge < -0.3 is 20.4 Å². The van der Waals surface area contributed by atoms with Crippen molar-refractivity contribution in [2.24, 2.45) is 5.92 Å². The fourth-order valence-corrected chi connectivity index (χ4v) is 4.81. The van der Waals surface area contributed by atoms with Crippen molar-refractivity contribution in [1.82, 2.24) is 9.97 Å². The number of hydrogen-bond acceptors (Lipinski definition) is 8. The van der Waals surface area contributed by atoms with Crippen molar-refractivity contribution in [3.63, 3.8) is 0 Å². The molecule has 1 aliphatic rings. The van der Waals surface area contributed by atoms with Crippen LogP contribution in [0, 0.1) is 5.92 Å². The van der Waals surface area contributed by atoms with Gasteiger partial charge in [-0.05, 0) is 24.3 Å². The lowest BCUT2D eigenvalue weighted by molar-refractivity contribution is -0.137. The number of halogens is 3. The van der Waals surface area contributed by atoms with E-state index in [-0.39, 0.29) is 25.0 Å². The Hall–Kier alpha value is -2.54. The third-order valence-electron chi connectivity index (χ3n) is 4.81. The summed E-state index contributed by atoms with van der Waals surface area (Å²) in [4.78, 5) is 23.4. The van der Waals surface area contributed by atoms with E-state index >= 15 is 0 Å². The normalized spacial score (nSPS) is 14.5. The smallest absolute Gasteiger partial charge is 0.390 e. The molecule has 3 N–H and O–H groups in total. The first kappa shape index (κ1) is 21.7. The van der Waals surface area contributed by atoms with Gasteiger partial charge in [0.1, 0.15) is 5.01 Å². The Kier molecular flexibility index (Phi) is 5.97. The van der Waals surface area contributed by atoms with E-state index in [1.54, 1.807) is 5.38 Å². The summed E-state index contributed by atoms with van der Waals surface area (Å²) < 4.78 is 38.0. The number of nitrogens with one attached hydrogen (secondary N) is 1. The summed E-state index contributed by atoms with van der Waals surface area (Å²) in [5, 5.41) is 24.0. The molecular weight excluding hydrogens is 453 g/mol. The molecule has 0 saturated carbocycles. The Morgan fingerprint density at radius 2 is 1.87 bits per heavy atom. The summed E-state index contributed by atoms with van der Waals surface area (Å²) in [5.41, 5.74) is 0.905. The van der Waals surface area contributed by atoms with Gasteiger partial charge in [-0.25, -0.2) is 9.97 Å². The molecule has 4 rings (SSSR count). The number of carbonyl (C=O) groups is 1. The summed E-state index contributed by atoms with van der Waals surface area (Å²) >= 11 is 2.46. The Labute approximate surface area is 182 Å². The van der Waals surface area contributed by atoms with E-state index in [4.69, 9.17) is 0 Å². The second-order valence-corrected chi connectivity index (χ2v) is 8.82. The van der Waals surface area contributed by atoms with E-state index in [0.717, 1.165) is 12.1 Å². The highest BCUT2D eigenvalue weighted by Gasteiger charge is 2.34. The van der Waals surface area contributed by atoms with Crippen molar-refractivity contribution in [1.29, 1.82) is 0 Å². The second-order valence-electron chi connectivity index (χ2n) is 6.87. The number of rotatable bonds is 6. The van der Waals surface area contributed by atoms with Crippen molar-refractivity contribution < 1.29 is 28.2 Å². The fourth-order valence-electron chi connectivity index (χ4n) is 3.14. The maximum Gasteiger partial charge on any atom is 0.416 e. The first-order valence-electron chi connectivity index (χ1n) is 9.17. The molecule has 0 atom stereocenters. The molecule has 1 aromatic carbocycles. The molecule has 0 unspecified atom stereocenters. The van der Waals surface area contributed by atoms with Crippen LogP contribution in [0.4, 0.5) is 24.0 Å². The summed E-state index contributed by atoms with van der Waals surface area (Å²) in [6.45, 7) is 0.285. The Bertz CT molecular complexity index is 1080. The number of carbonyl (C=O) groups excluding carboxylic acids is 1. The topological polar surface area (TPSA) is 98.6 Å². The fraction of sp³-hybridized carbons (Fsp3) is 0.316. The van der Waals surface area contributed by atoms with Gasteiger partial charge in [0.05, 0.1) is 41.0 Å². The van der Waals surface area contributed by atoms with Crippen molar-refractivity contribution in [2.75, 3.05) is 23.3 Å². The molecule has 3 aromatic rings. The van der Waals surface area contributed by atoms with Crippen LogP contribution in [0.3, 0.4) is 0 Å². The highest BCUT2D eigenvalue weighted by Crippen LogP contribution is 2.34. The number of amides is 1. The number of thiazole rings is 2. The van der Waals surface area contributed by atoms with E-state index in [1.807, 2.05) is 4.90 Å². The van der Waals surface area contributed by atoms with Crippen LogP contribution in [0.2, 0.25) is 0 Å². The lowest BCUT2D eigenvalue weighted by Crippen LogP contribution is -2.52. The zero-order valence-corrected chi connectivity index (χ0v) is 17.5. The molecule has 164 valence electrons. The van der Waals surface area contributed by atoms with Crippen LogP contribution < -0.4 is 10.2 Å². The van der Waals surface area contributed by atoms with Gasteiger partial charge in [-0.15, -0.1) is 22.7 Å². The van der Waals surface area contributed by atoms with E-state index in [0.29, 0.717) is 45.2 Å². The predicted octanol–water partition coefficient (Wildman–Crippen LogP) is 3.34. The number of aromatic nitrogens is 2. The maximum absolute atomic E-state index is 12.7. The summed E-state index contributed by atoms with van der Waals surface area (Å²) in [6.07, 6.45) is -4.38. The minimum Gasteiger partial charge on any atom is -0.390 e. The average molecular weight is 470 g/mol. The number of aliphatic hydroxyl groups excluding tert-OH is 2. The molecular formula is C19H17F3N4O3S2. The summed E-state index contributed by atoms with van der Waals surface area (Å²) in [7, 11) is 0. The van der Waals surface area contributed by atoms with E-state index in [9.17, 15) is 28.2 Å². The van der Waals surface area contributed by atoms with Gasteiger partial charge in [0, 0.05) is 24.2 Å². The van der Waals surface area contributed by atoms with Gasteiger partial charge in [0.15, 0.2) is 5.13 Å². The third kappa shape index (κ3) is 4.56. The quantitative estimate of drug-likeness (QED) is 0.511. The molecule has 1 fully saturated rings. The average Bonchev–Trinajstić information content (AvgIpc) is 3.32. The monoisotopic (exact) mass is 470 g/mol. The molecule has 0 bridgehead atoms. The highest BCUT2D eigenvalue weighted by molar-refractivity contribution is 7.17. The van der Waals surface area contributed by atoms with Gasteiger partial charge >= 0.3 is 6.18 Å². The molecule has 31 heavy (non-hydrogen) atoms. The van der Waals surface area contributed by atoms with Crippen molar-refractivity contribution in [3.8, 4) is 10.6 Å². The number of benzene rings is 1. The molecule has 0 spiro atoms. The van der Waals surface area contributed by atoms with Gasteiger partial charge in [-0.3, -0.25) is 4.79 Å². The van der Waals surface area contributed by atoms with E-state index in [1.165, 1.54) is 34.8 Å². The Balaban J connectivity index is 1.35. The number of aliphatic hydroxyl groups is 2. The van der Waals surface area contributed by atoms with Gasteiger partial charge in [-0.1, -0.05) is 0 Å². The second kappa shape index (κ2) is 8.54. The molecule has 0 radical (unpaired) electrons. The minimum atomic E-state index is -4.38. The predicted molar refractivity (Wildman–Crippen MR) is 111 cm³/mol.